The molecule has 0 N–H and O–H groups in total. The van der Waals surface area contributed by atoms with Crippen LogP contribution in [0.1, 0.15) is 40.5 Å². The van der Waals surface area contributed by atoms with Gasteiger partial charge in [0, 0.05) is 19.9 Å². The van der Waals surface area contributed by atoms with Crippen LogP contribution in [0.5, 0.6) is 0 Å². The summed E-state index contributed by atoms with van der Waals surface area (Å²) in [4.78, 5) is 27.8. The van der Waals surface area contributed by atoms with Gasteiger partial charge in [0.25, 0.3) is 0 Å². The molecule has 5 nitrogen and oxygen atoms in total. The fourth-order valence-electron chi connectivity index (χ4n) is 1.27. The number of hydrogen-bond acceptors (Lipinski definition) is 4. The molecule has 0 aromatic rings. The highest BCUT2D eigenvalue weighted by Gasteiger charge is 2.20. The van der Waals surface area contributed by atoms with E-state index in [1.54, 1.807) is 7.05 Å². The van der Waals surface area contributed by atoms with Crippen molar-refractivity contribution in [3.63, 3.8) is 0 Å². The van der Waals surface area contributed by atoms with E-state index in [9.17, 15) is 9.59 Å². The third-order valence-corrected chi connectivity index (χ3v) is 2.08. The van der Waals surface area contributed by atoms with Gasteiger partial charge in [0.2, 0.25) is 5.91 Å². The summed E-state index contributed by atoms with van der Waals surface area (Å²) in [5, 5.41) is 1.16. The maximum absolute atomic E-state index is 11.5. The van der Waals surface area contributed by atoms with E-state index in [4.69, 9.17) is 9.57 Å². The van der Waals surface area contributed by atoms with Gasteiger partial charge in [0.15, 0.2) is 0 Å². The van der Waals surface area contributed by atoms with Crippen molar-refractivity contribution < 1.29 is 19.2 Å². The molecule has 0 aromatic heterocycles. The van der Waals surface area contributed by atoms with E-state index in [0.29, 0.717) is 0 Å². The van der Waals surface area contributed by atoms with Crippen LogP contribution in [0, 0.1) is 5.92 Å². The van der Waals surface area contributed by atoms with E-state index in [2.05, 4.69) is 0 Å². The van der Waals surface area contributed by atoms with Gasteiger partial charge < -0.3 is 4.74 Å². The first-order valence-corrected chi connectivity index (χ1v) is 5.68. The van der Waals surface area contributed by atoms with Gasteiger partial charge in [-0.2, -0.15) is 0 Å². The molecular weight excluding hydrogens is 222 g/mol. The van der Waals surface area contributed by atoms with Crippen LogP contribution in [-0.2, 0) is 19.2 Å². The SMILES string of the molecule is CON(C)C(=O)C[C@@H](C)CC(=O)OC(C)(C)C. The van der Waals surface area contributed by atoms with E-state index in [0.717, 1.165) is 5.06 Å². The molecule has 0 fully saturated rings. The average molecular weight is 245 g/mol. The summed E-state index contributed by atoms with van der Waals surface area (Å²) in [7, 11) is 2.97. The first kappa shape index (κ1) is 15.9. The second kappa shape index (κ2) is 6.59. The summed E-state index contributed by atoms with van der Waals surface area (Å²) in [5.41, 5.74) is -0.482. The Balaban J connectivity index is 4.06. The molecule has 5 heteroatoms. The molecule has 0 aliphatic rings. The van der Waals surface area contributed by atoms with Gasteiger partial charge >= 0.3 is 5.97 Å². The number of hydroxylamine groups is 2. The van der Waals surface area contributed by atoms with Gasteiger partial charge in [-0.3, -0.25) is 14.4 Å². The fourth-order valence-corrected chi connectivity index (χ4v) is 1.27. The van der Waals surface area contributed by atoms with Crippen LogP contribution >= 0.6 is 0 Å². The first-order chi connectivity index (χ1) is 7.65. The Hall–Kier alpha value is -1.10. The van der Waals surface area contributed by atoms with Crippen molar-refractivity contribution in [1.82, 2.24) is 5.06 Å². The zero-order chi connectivity index (χ0) is 13.6. The van der Waals surface area contributed by atoms with Crippen molar-refractivity contribution in [1.29, 1.82) is 0 Å². The monoisotopic (exact) mass is 245 g/mol. The second-order valence-corrected chi connectivity index (χ2v) is 5.17. The minimum absolute atomic E-state index is 0.0602. The molecule has 1 atom stereocenters. The lowest BCUT2D eigenvalue weighted by Gasteiger charge is -2.21. The van der Waals surface area contributed by atoms with Crippen LogP contribution in [0.3, 0.4) is 0 Å². The van der Waals surface area contributed by atoms with Gasteiger partial charge in [0.1, 0.15) is 5.60 Å². The molecule has 0 bridgehead atoms. The Morgan fingerprint density at radius 2 is 1.76 bits per heavy atom. The van der Waals surface area contributed by atoms with Crippen molar-refractivity contribution in [3.8, 4) is 0 Å². The lowest BCUT2D eigenvalue weighted by atomic mass is 10.0. The predicted molar refractivity (Wildman–Crippen MR) is 64.0 cm³/mol. The highest BCUT2D eigenvalue weighted by Crippen LogP contribution is 2.14. The smallest absolute Gasteiger partial charge is 0.306 e. The maximum Gasteiger partial charge on any atom is 0.306 e. The largest absolute Gasteiger partial charge is 0.460 e. The summed E-state index contributed by atoms with van der Waals surface area (Å²) in [6.45, 7) is 7.30. The summed E-state index contributed by atoms with van der Waals surface area (Å²) >= 11 is 0. The molecule has 0 spiro atoms. The molecule has 0 saturated heterocycles. The fraction of sp³-hybridized carbons (Fsp3) is 0.833. The standard InChI is InChI=1S/C12H23NO4/c1-9(7-10(14)13(5)16-6)8-11(15)17-12(2,3)4/h9H,7-8H2,1-6H3/t9-/m1/s1. The normalized spacial score (nSPS) is 13.1. The molecule has 100 valence electrons. The summed E-state index contributed by atoms with van der Waals surface area (Å²) in [5.74, 6) is -0.489. The Labute approximate surface area is 103 Å². The molecule has 0 aliphatic carbocycles. The molecule has 0 rings (SSSR count). The number of carbonyl (C=O) groups excluding carboxylic acids is 2. The van der Waals surface area contributed by atoms with Gasteiger partial charge in [-0.1, -0.05) is 6.92 Å². The number of hydrogen-bond donors (Lipinski definition) is 0. The molecule has 0 aliphatic heterocycles. The topological polar surface area (TPSA) is 55.8 Å². The number of esters is 1. The predicted octanol–water partition coefficient (Wildman–Crippen LogP) is 1.76. The van der Waals surface area contributed by atoms with Gasteiger partial charge in [-0.15, -0.1) is 0 Å². The maximum atomic E-state index is 11.5. The Morgan fingerprint density at radius 1 is 1.24 bits per heavy atom. The average Bonchev–Trinajstić information content (AvgIpc) is 2.12. The van der Waals surface area contributed by atoms with Crippen molar-refractivity contribution in [2.75, 3.05) is 14.2 Å². The molecule has 0 saturated carbocycles. The number of amides is 1. The molecule has 0 unspecified atom stereocenters. The lowest BCUT2D eigenvalue weighted by Crippen LogP contribution is -2.29. The third kappa shape index (κ3) is 7.74. The van der Waals surface area contributed by atoms with E-state index in [1.165, 1.54) is 7.11 Å². The van der Waals surface area contributed by atoms with E-state index in [-0.39, 0.29) is 30.6 Å². The van der Waals surface area contributed by atoms with E-state index in [1.807, 2.05) is 27.7 Å². The molecule has 0 radical (unpaired) electrons. The molecular formula is C12H23NO4. The zero-order valence-electron chi connectivity index (χ0n) is 11.6. The Morgan fingerprint density at radius 3 is 2.18 bits per heavy atom. The van der Waals surface area contributed by atoms with Gasteiger partial charge in [-0.25, -0.2) is 5.06 Å². The number of nitrogens with zero attached hydrogens (tertiary/aromatic N) is 1. The first-order valence-electron chi connectivity index (χ1n) is 5.68. The highest BCUT2D eigenvalue weighted by atomic mass is 16.7. The van der Waals surface area contributed by atoms with Crippen molar-refractivity contribution in [2.24, 2.45) is 5.92 Å². The zero-order valence-corrected chi connectivity index (χ0v) is 11.6. The molecule has 0 heterocycles. The number of carbonyl (C=O) groups is 2. The van der Waals surface area contributed by atoms with Crippen LogP contribution in [-0.4, -0.2) is 36.7 Å². The van der Waals surface area contributed by atoms with Crippen LogP contribution in [0.15, 0.2) is 0 Å². The summed E-state index contributed by atoms with van der Waals surface area (Å²) in [6, 6.07) is 0. The van der Waals surface area contributed by atoms with Crippen molar-refractivity contribution in [2.45, 2.75) is 46.1 Å². The van der Waals surface area contributed by atoms with Crippen molar-refractivity contribution in [3.05, 3.63) is 0 Å². The third-order valence-electron chi connectivity index (χ3n) is 2.08. The second-order valence-electron chi connectivity index (χ2n) is 5.17. The van der Waals surface area contributed by atoms with E-state index >= 15 is 0 Å². The Bertz CT molecular complexity index is 270. The lowest BCUT2D eigenvalue weighted by molar-refractivity contribution is -0.170. The van der Waals surface area contributed by atoms with Crippen LogP contribution in [0.25, 0.3) is 0 Å². The highest BCUT2D eigenvalue weighted by molar-refractivity contribution is 5.76. The summed E-state index contributed by atoms with van der Waals surface area (Å²) in [6.07, 6.45) is 0.504. The van der Waals surface area contributed by atoms with Gasteiger partial charge in [-0.05, 0) is 26.7 Å². The van der Waals surface area contributed by atoms with Crippen LogP contribution in [0.4, 0.5) is 0 Å². The van der Waals surface area contributed by atoms with Crippen LogP contribution < -0.4 is 0 Å². The minimum Gasteiger partial charge on any atom is -0.460 e. The number of rotatable bonds is 5. The molecule has 1 amide bonds. The molecule has 0 aromatic carbocycles. The summed E-state index contributed by atoms with van der Waals surface area (Å²) < 4.78 is 5.18. The quantitative estimate of drug-likeness (QED) is 0.547. The minimum atomic E-state index is -0.482. The van der Waals surface area contributed by atoms with Crippen molar-refractivity contribution >= 4 is 11.9 Å². The number of ether oxygens (including phenoxy) is 1. The Kier molecular flexibility index (Phi) is 6.16. The van der Waals surface area contributed by atoms with Crippen LogP contribution in [0.2, 0.25) is 0 Å². The van der Waals surface area contributed by atoms with Gasteiger partial charge in [0.05, 0.1) is 7.11 Å². The van der Waals surface area contributed by atoms with E-state index < -0.39 is 5.60 Å². The molecule has 17 heavy (non-hydrogen) atoms.